The van der Waals surface area contributed by atoms with Crippen molar-refractivity contribution >= 4 is 28.9 Å². The van der Waals surface area contributed by atoms with Crippen LogP contribution in [-0.2, 0) is 9.53 Å². The normalized spacial score (nSPS) is 16.1. The molecule has 39 heavy (non-hydrogen) atoms. The number of anilines is 3. The van der Waals surface area contributed by atoms with E-state index in [1.165, 1.54) is 18.2 Å². The molecule has 1 fully saturated rings. The maximum Gasteiger partial charge on any atom is 0.329 e. The van der Waals surface area contributed by atoms with E-state index in [0.717, 1.165) is 5.56 Å². The van der Waals surface area contributed by atoms with Gasteiger partial charge in [0.15, 0.2) is 11.4 Å². The average molecular weight is 535 g/mol. The quantitative estimate of drug-likeness (QED) is 0.310. The number of likely N-dealkylation sites (tertiary alicyclic amines) is 1. The number of rotatable bonds is 9. The van der Waals surface area contributed by atoms with Gasteiger partial charge < -0.3 is 25.0 Å². The topological polar surface area (TPSA) is 127 Å². The molecule has 1 aliphatic heterocycles. The van der Waals surface area contributed by atoms with Crippen LogP contribution in [-0.4, -0.2) is 47.1 Å². The molecule has 1 aromatic heterocycles. The SMILES string of the molecule is CC[C@@H](Nc1c(Nc2ccnc(C(=O)N3CCC[C@@H]3C(=O)OC(C)(C)C)c2OC)c(=O)c1=O)c1ccccc1. The van der Waals surface area contributed by atoms with Crippen LogP contribution in [0.2, 0.25) is 0 Å². The summed E-state index contributed by atoms with van der Waals surface area (Å²) in [6.45, 7) is 7.68. The molecule has 0 radical (unpaired) electrons. The Morgan fingerprint density at radius 2 is 1.79 bits per heavy atom. The lowest BCUT2D eigenvalue weighted by molar-refractivity contribution is -0.159. The number of carbonyl (C=O) groups is 2. The standard InChI is InChI=1S/C29H34N4O6/c1-6-18(17-11-8-7-9-12-17)31-21-22(25(35)24(21)34)32-19-14-15-30-23(26(19)38-5)27(36)33-16-10-13-20(33)28(37)39-29(2,3)4/h7-9,11-12,14-15,18,20,31H,6,10,13,16H2,1-5H3,(H,30,32)/t18-,20-/m1/s1. The number of aromatic nitrogens is 1. The summed E-state index contributed by atoms with van der Waals surface area (Å²) in [5.74, 6) is -0.848. The second-order valence-electron chi connectivity index (χ2n) is 10.5. The van der Waals surface area contributed by atoms with Crippen LogP contribution in [0, 0.1) is 0 Å². The molecular weight excluding hydrogens is 500 g/mol. The number of benzene rings is 1. The molecule has 10 nitrogen and oxygen atoms in total. The second kappa shape index (κ2) is 11.3. The highest BCUT2D eigenvalue weighted by atomic mass is 16.6. The molecule has 2 heterocycles. The first-order chi connectivity index (χ1) is 18.6. The predicted octanol–water partition coefficient (Wildman–Crippen LogP) is 3.94. The Kier molecular flexibility index (Phi) is 8.03. The first-order valence-corrected chi connectivity index (χ1v) is 13.0. The Balaban J connectivity index is 1.60. The van der Waals surface area contributed by atoms with E-state index in [4.69, 9.17) is 9.47 Å². The summed E-state index contributed by atoms with van der Waals surface area (Å²) in [6, 6.07) is 10.3. The maximum atomic E-state index is 13.6. The Morgan fingerprint density at radius 3 is 2.44 bits per heavy atom. The van der Waals surface area contributed by atoms with Gasteiger partial charge in [-0.15, -0.1) is 0 Å². The van der Waals surface area contributed by atoms with Crippen molar-refractivity contribution in [3.8, 4) is 5.75 Å². The first-order valence-electron chi connectivity index (χ1n) is 13.0. The molecule has 0 aliphatic carbocycles. The highest BCUT2D eigenvalue weighted by Gasteiger charge is 2.39. The molecule has 2 N–H and O–H groups in total. The number of methoxy groups -OCH3 is 1. The van der Waals surface area contributed by atoms with Crippen LogP contribution in [0.5, 0.6) is 5.75 Å². The average Bonchev–Trinajstić information content (AvgIpc) is 3.42. The summed E-state index contributed by atoms with van der Waals surface area (Å²) in [7, 11) is 1.39. The number of nitrogens with one attached hydrogen (secondary N) is 2. The molecule has 2 atom stereocenters. The molecule has 0 unspecified atom stereocenters. The monoisotopic (exact) mass is 534 g/mol. The van der Waals surface area contributed by atoms with E-state index in [0.29, 0.717) is 31.5 Å². The zero-order valence-electron chi connectivity index (χ0n) is 22.9. The number of nitrogens with zero attached hydrogens (tertiary/aromatic N) is 2. The van der Waals surface area contributed by atoms with Crippen LogP contribution in [0.1, 0.15) is 69.1 Å². The molecule has 206 valence electrons. The van der Waals surface area contributed by atoms with Gasteiger partial charge in [-0.25, -0.2) is 9.78 Å². The molecule has 3 aromatic rings. The second-order valence-corrected chi connectivity index (χ2v) is 10.5. The Labute approximate surface area is 227 Å². The van der Waals surface area contributed by atoms with Crippen molar-refractivity contribution in [2.75, 3.05) is 24.3 Å². The Morgan fingerprint density at radius 1 is 1.10 bits per heavy atom. The van der Waals surface area contributed by atoms with Gasteiger partial charge in [0, 0.05) is 12.7 Å². The third-order valence-corrected chi connectivity index (χ3v) is 6.60. The number of hydrogen-bond donors (Lipinski definition) is 2. The number of hydrogen-bond acceptors (Lipinski definition) is 9. The van der Waals surface area contributed by atoms with Crippen molar-refractivity contribution < 1.29 is 19.1 Å². The zero-order chi connectivity index (χ0) is 28.3. The third-order valence-electron chi connectivity index (χ3n) is 6.60. The predicted molar refractivity (Wildman–Crippen MR) is 148 cm³/mol. The van der Waals surface area contributed by atoms with Gasteiger partial charge in [-0.1, -0.05) is 37.3 Å². The molecule has 1 aliphatic rings. The van der Waals surface area contributed by atoms with Crippen molar-refractivity contribution in [3.05, 3.63) is 74.3 Å². The fourth-order valence-corrected chi connectivity index (χ4v) is 4.73. The minimum Gasteiger partial charge on any atom is -0.492 e. The van der Waals surface area contributed by atoms with E-state index in [1.54, 1.807) is 26.8 Å². The van der Waals surface area contributed by atoms with Gasteiger partial charge >= 0.3 is 5.97 Å². The summed E-state index contributed by atoms with van der Waals surface area (Å²) in [4.78, 5) is 57.0. The van der Waals surface area contributed by atoms with E-state index in [9.17, 15) is 19.2 Å². The van der Waals surface area contributed by atoms with Gasteiger partial charge in [-0.3, -0.25) is 14.4 Å². The summed E-state index contributed by atoms with van der Waals surface area (Å²) in [6.07, 6.45) is 3.23. The van der Waals surface area contributed by atoms with Crippen LogP contribution in [0.3, 0.4) is 0 Å². The molecule has 2 aromatic carbocycles. The van der Waals surface area contributed by atoms with E-state index in [-0.39, 0.29) is 28.9 Å². The van der Waals surface area contributed by atoms with Crippen molar-refractivity contribution in [1.82, 2.24) is 9.88 Å². The largest absolute Gasteiger partial charge is 0.492 e. The van der Waals surface area contributed by atoms with Crippen molar-refractivity contribution in [2.24, 2.45) is 0 Å². The van der Waals surface area contributed by atoms with E-state index in [1.807, 2.05) is 37.3 Å². The molecule has 0 spiro atoms. The van der Waals surface area contributed by atoms with E-state index < -0.39 is 34.4 Å². The molecule has 0 bridgehead atoms. The number of pyridine rings is 1. The number of ether oxygens (including phenoxy) is 2. The first kappa shape index (κ1) is 27.8. The maximum absolute atomic E-state index is 13.6. The number of carbonyl (C=O) groups excluding carboxylic acids is 2. The molecule has 1 amide bonds. The van der Waals surface area contributed by atoms with Crippen LogP contribution in [0.25, 0.3) is 0 Å². The van der Waals surface area contributed by atoms with Crippen LogP contribution >= 0.6 is 0 Å². The summed E-state index contributed by atoms with van der Waals surface area (Å²) < 4.78 is 11.1. The fraction of sp³-hybridized carbons (Fsp3) is 0.414. The fourth-order valence-electron chi connectivity index (χ4n) is 4.73. The van der Waals surface area contributed by atoms with Crippen molar-refractivity contribution in [1.29, 1.82) is 0 Å². The highest BCUT2D eigenvalue weighted by Crippen LogP contribution is 2.34. The van der Waals surface area contributed by atoms with Crippen molar-refractivity contribution in [3.63, 3.8) is 0 Å². The smallest absolute Gasteiger partial charge is 0.329 e. The molecule has 10 heteroatoms. The molecular formula is C29H34N4O6. The molecule has 0 saturated carbocycles. The van der Waals surface area contributed by atoms with Gasteiger partial charge in [0.1, 0.15) is 23.0 Å². The van der Waals surface area contributed by atoms with Gasteiger partial charge in [-0.2, -0.15) is 0 Å². The van der Waals surface area contributed by atoms with E-state index in [2.05, 4.69) is 15.6 Å². The summed E-state index contributed by atoms with van der Waals surface area (Å²) in [5, 5.41) is 6.17. The molecule has 4 rings (SSSR count). The van der Waals surface area contributed by atoms with Crippen LogP contribution < -0.4 is 26.2 Å². The third kappa shape index (κ3) is 5.79. The summed E-state index contributed by atoms with van der Waals surface area (Å²) in [5.41, 5.74) is -0.438. The minimum atomic E-state index is -0.729. The number of esters is 1. The lowest BCUT2D eigenvalue weighted by Gasteiger charge is -2.27. The van der Waals surface area contributed by atoms with Gasteiger partial charge in [0.2, 0.25) is 0 Å². The molecule has 1 saturated heterocycles. The van der Waals surface area contributed by atoms with Gasteiger partial charge in [-0.05, 0) is 51.7 Å². The highest BCUT2D eigenvalue weighted by molar-refractivity contribution is 5.99. The zero-order valence-corrected chi connectivity index (χ0v) is 22.9. The van der Waals surface area contributed by atoms with Crippen LogP contribution in [0.4, 0.5) is 17.1 Å². The van der Waals surface area contributed by atoms with Crippen LogP contribution in [0.15, 0.2) is 52.2 Å². The Bertz CT molecular complexity index is 1420. The number of amides is 1. The lowest BCUT2D eigenvalue weighted by atomic mass is 10.0. The minimum absolute atomic E-state index is 0.0121. The Hall–Kier alpha value is -4.21. The van der Waals surface area contributed by atoms with E-state index >= 15 is 0 Å². The summed E-state index contributed by atoms with van der Waals surface area (Å²) >= 11 is 0. The van der Waals surface area contributed by atoms with Gasteiger partial charge in [0.05, 0.1) is 18.8 Å². The lowest BCUT2D eigenvalue weighted by Crippen LogP contribution is -2.44. The van der Waals surface area contributed by atoms with Crippen molar-refractivity contribution in [2.45, 2.75) is 64.6 Å². The van der Waals surface area contributed by atoms with Gasteiger partial charge in [0.25, 0.3) is 16.8 Å².